The van der Waals surface area contributed by atoms with E-state index >= 15 is 0 Å². The number of nitrogens with zero attached hydrogens (tertiary/aromatic N) is 2. The first-order valence-corrected chi connectivity index (χ1v) is 7.58. The Balaban J connectivity index is 2.01. The second kappa shape index (κ2) is 8.20. The molecular weight excluding hydrogens is 278 g/mol. The topological polar surface area (TPSA) is 65.4 Å². The first kappa shape index (κ1) is 16.1. The smallest absolute Gasteiger partial charge is 0.263 e. The average molecular weight is 299 g/mol. The quantitative estimate of drug-likeness (QED) is 0.646. The van der Waals surface area contributed by atoms with Crippen molar-refractivity contribution in [2.75, 3.05) is 24.6 Å². The number of carbonyl (C=O) groups excluding carboxylic acids is 1. The number of hydrogen-bond acceptors (Lipinski definition) is 4. The summed E-state index contributed by atoms with van der Waals surface area (Å²) in [4.78, 5) is 14.0. The molecule has 0 saturated carbocycles. The number of nitriles is 1. The maximum atomic E-state index is 12.1. The minimum absolute atomic E-state index is 0.0697. The summed E-state index contributed by atoms with van der Waals surface area (Å²) in [5.74, 6) is -0.354. The van der Waals surface area contributed by atoms with Gasteiger partial charge in [0.1, 0.15) is 11.6 Å². The summed E-state index contributed by atoms with van der Waals surface area (Å²) in [7, 11) is 0. The summed E-state index contributed by atoms with van der Waals surface area (Å²) in [5.41, 5.74) is 1.05. The fourth-order valence-electron chi connectivity index (χ4n) is 2.37. The fourth-order valence-corrected chi connectivity index (χ4v) is 2.37. The normalized spacial score (nSPS) is 17.8. The van der Waals surface area contributed by atoms with Crippen molar-refractivity contribution in [3.05, 3.63) is 42.1 Å². The first-order valence-electron chi connectivity index (χ1n) is 7.58. The van der Waals surface area contributed by atoms with E-state index in [2.05, 4.69) is 5.32 Å². The number of carbonyl (C=O) groups is 1. The number of rotatable bonds is 6. The predicted molar refractivity (Wildman–Crippen MR) is 85.1 cm³/mol. The van der Waals surface area contributed by atoms with Crippen LogP contribution < -0.4 is 10.2 Å². The lowest BCUT2D eigenvalue weighted by Crippen LogP contribution is -2.33. The molecule has 1 saturated heterocycles. The molecule has 1 aromatic carbocycles. The number of nitrogens with one attached hydrogen (secondary N) is 1. The Morgan fingerprint density at radius 2 is 2.27 bits per heavy atom. The second-order valence-corrected chi connectivity index (χ2v) is 5.12. The molecule has 116 valence electrons. The van der Waals surface area contributed by atoms with Gasteiger partial charge in [-0.05, 0) is 31.9 Å². The van der Waals surface area contributed by atoms with Crippen molar-refractivity contribution < 1.29 is 9.53 Å². The highest BCUT2D eigenvalue weighted by atomic mass is 16.5. The van der Waals surface area contributed by atoms with Gasteiger partial charge in [0.15, 0.2) is 0 Å². The van der Waals surface area contributed by atoms with Crippen molar-refractivity contribution in [2.24, 2.45) is 0 Å². The van der Waals surface area contributed by atoms with Gasteiger partial charge < -0.3 is 15.0 Å². The van der Waals surface area contributed by atoms with Crippen LogP contribution in [0.4, 0.5) is 5.69 Å². The zero-order valence-corrected chi connectivity index (χ0v) is 12.8. The SMILES string of the molecule is CCN(/C=C(/C#N)C(=O)NCC1CCCO1)c1ccccc1. The van der Waals surface area contributed by atoms with Crippen LogP contribution in [0.25, 0.3) is 0 Å². The Labute approximate surface area is 131 Å². The molecule has 5 nitrogen and oxygen atoms in total. The van der Waals surface area contributed by atoms with E-state index in [1.54, 1.807) is 6.20 Å². The number of amides is 1. The minimum Gasteiger partial charge on any atom is -0.376 e. The van der Waals surface area contributed by atoms with Gasteiger partial charge in [0, 0.05) is 31.6 Å². The minimum atomic E-state index is -0.354. The first-order chi connectivity index (χ1) is 10.7. The van der Waals surface area contributed by atoms with Crippen LogP contribution >= 0.6 is 0 Å². The van der Waals surface area contributed by atoms with Gasteiger partial charge in [-0.15, -0.1) is 0 Å². The van der Waals surface area contributed by atoms with Gasteiger partial charge in [-0.3, -0.25) is 4.79 Å². The number of para-hydroxylation sites is 1. The summed E-state index contributed by atoms with van der Waals surface area (Å²) in [6.07, 6.45) is 3.65. The molecule has 1 N–H and O–H groups in total. The summed E-state index contributed by atoms with van der Waals surface area (Å²) < 4.78 is 5.46. The van der Waals surface area contributed by atoms with Gasteiger partial charge in [0.25, 0.3) is 5.91 Å². The Bertz CT molecular complexity index is 557. The number of ether oxygens (including phenoxy) is 1. The molecular formula is C17H21N3O2. The van der Waals surface area contributed by atoms with Gasteiger partial charge in [-0.1, -0.05) is 18.2 Å². The van der Waals surface area contributed by atoms with Crippen LogP contribution in [0.5, 0.6) is 0 Å². The van der Waals surface area contributed by atoms with Crippen molar-refractivity contribution in [3.63, 3.8) is 0 Å². The maximum Gasteiger partial charge on any atom is 0.263 e. The molecule has 0 radical (unpaired) electrons. The molecule has 0 aromatic heterocycles. The Hall–Kier alpha value is -2.32. The third kappa shape index (κ3) is 4.34. The standard InChI is InChI=1S/C17H21N3O2/c1-2-20(15-7-4-3-5-8-15)13-14(11-18)17(21)19-12-16-9-6-10-22-16/h3-5,7-8,13,16H,2,6,9-10,12H2,1H3,(H,19,21)/b14-13-. The van der Waals surface area contributed by atoms with Crippen LogP contribution in [-0.4, -0.2) is 31.7 Å². The molecule has 1 fully saturated rings. The lowest BCUT2D eigenvalue weighted by molar-refractivity contribution is -0.117. The Morgan fingerprint density at radius 3 is 2.86 bits per heavy atom. The molecule has 1 aromatic rings. The molecule has 1 aliphatic heterocycles. The fraction of sp³-hybridized carbons (Fsp3) is 0.412. The molecule has 1 amide bonds. The summed E-state index contributed by atoms with van der Waals surface area (Å²) in [6.45, 7) is 3.85. The Morgan fingerprint density at radius 1 is 1.50 bits per heavy atom. The largest absolute Gasteiger partial charge is 0.376 e. The van der Waals surface area contributed by atoms with Crippen LogP contribution in [0.15, 0.2) is 42.1 Å². The van der Waals surface area contributed by atoms with Gasteiger partial charge in [0.2, 0.25) is 0 Å². The highest BCUT2D eigenvalue weighted by Crippen LogP contribution is 2.15. The summed E-state index contributed by atoms with van der Waals surface area (Å²) in [5, 5.41) is 12.0. The molecule has 22 heavy (non-hydrogen) atoms. The maximum absolute atomic E-state index is 12.1. The average Bonchev–Trinajstić information content (AvgIpc) is 3.08. The van der Waals surface area contributed by atoms with Crippen LogP contribution in [-0.2, 0) is 9.53 Å². The second-order valence-electron chi connectivity index (χ2n) is 5.12. The lowest BCUT2D eigenvalue weighted by Gasteiger charge is -2.19. The van der Waals surface area contributed by atoms with E-state index in [9.17, 15) is 10.1 Å². The van der Waals surface area contributed by atoms with Crippen molar-refractivity contribution in [2.45, 2.75) is 25.9 Å². The van der Waals surface area contributed by atoms with E-state index < -0.39 is 0 Å². The monoisotopic (exact) mass is 299 g/mol. The lowest BCUT2D eigenvalue weighted by atomic mass is 10.2. The molecule has 0 aliphatic carbocycles. The van der Waals surface area contributed by atoms with Gasteiger partial charge >= 0.3 is 0 Å². The molecule has 1 atom stereocenters. The summed E-state index contributed by atoms with van der Waals surface area (Å²) in [6, 6.07) is 11.6. The van der Waals surface area contributed by atoms with Crippen LogP contribution in [0.3, 0.4) is 0 Å². The third-order valence-corrected chi connectivity index (χ3v) is 3.59. The zero-order chi connectivity index (χ0) is 15.8. The van der Waals surface area contributed by atoms with E-state index in [-0.39, 0.29) is 17.6 Å². The third-order valence-electron chi connectivity index (χ3n) is 3.59. The van der Waals surface area contributed by atoms with Crippen LogP contribution in [0.2, 0.25) is 0 Å². The van der Waals surface area contributed by atoms with E-state index in [1.165, 1.54) is 0 Å². The summed E-state index contributed by atoms with van der Waals surface area (Å²) >= 11 is 0. The van der Waals surface area contributed by atoms with E-state index in [0.29, 0.717) is 13.1 Å². The highest BCUT2D eigenvalue weighted by molar-refractivity contribution is 5.97. The van der Waals surface area contributed by atoms with E-state index in [1.807, 2.05) is 48.2 Å². The number of anilines is 1. The van der Waals surface area contributed by atoms with Gasteiger partial charge in [0.05, 0.1) is 6.10 Å². The number of hydrogen-bond donors (Lipinski definition) is 1. The van der Waals surface area contributed by atoms with Gasteiger partial charge in [-0.25, -0.2) is 0 Å². The van der Waals surface area contributed by atoms with E-state index in [0.717, 1.165) is 25.1 Å². The van der Waals surface area contributed by atoms with Crippen molar-refractivity contribution >= 4 is 11.6 Å². The van der Waals surface area contributed by atoms with Crippen molar-refractivity contribution in [1.29, 1.82) is 5.26 Å². The molecule has 1 aliphatic rings. The van der Waals surface area contributed by atoms with Crippen molar-refractivity contribution in [3.8, 4) is 6.07 Å². The molecule has 2 rings (SSSR count). The molecule has 1 unspecified atom stereocenters. The predicted octanol–water partition coefficient (Wildman–Crippen LogP) is 2.22. The molecule has 5 heteroatoms. The van der Waals surface area contributed by atoms with Gasteiger partial charge in [-0.2, -0.15) is 5.26 Å². The van der Waals surface area contributed by atoms with E-state index in [4.69, 9.17) is 4.74 Å². The molecule has 0 bridgehead atoms. The Kier molecular flexibility index (Phi) is 5.99. The molecule has 1 heterocycles. The number of benzene rings is 1. The highest BCUT2D eigenvalue weighted by Gasteiger charge is 2.18. The zero-order valence-electron chi connectivity index (χ0n) is 12.8. The van der Waals surface area contributed by atoms with Crippen molar-refractivity contribution in [1.82, 2.24) is 5.32 Å². The molecule has 0 spiro atoms. The van der Waals surface area contributed by atoms with Crippen LogP contribution in [0.1, 0.15) is 19.8 Å². The van der Waals surface area contributed by atoms with Crippen LogP contribution in [0, 0.1) is 11.3 Å².